The van der Waals surface area contributed by atoms with Crippen LogP contribution in [0, 0.1) is 5.92 Å². The Morgan fingerprint density at radius 1 is 1.45 bits per heavy atom. The standard InChI is InChI=1S/C5H11F2NO2S/c1-4(2-8)3-11(9,10)5(6)7/h4-5H,2-3,8H2,1H3. The van der Waals surface area contributed by atoms with Crippen LogP contribution in [0.4, 0.5) is 8.78 Å². The van der Waals surface area contributed by atoms with Gasteiger partial charge in [0.15, 0.2) is 0 Å². The van der Waals surface area contributed by atoms with Gasteiger partial charge in [-0.3, -0.25) is 0 Å². The summed E-state index contributed by atoms with van der Waals surface area (Å²) in [5, 5.41) is 0. The van der Waals surface area contributed by atoms with Gasteiger partial charge in [0.2, 0.25) is 9.84 Å². The Morgan fingerprint density at radius 3 is 2.18 bits per heavy atom. The van der Waals surface area contributed by atoms with Crippen LogP contribution >= 0.6 is 0 Å². The van der Waals surface area contributed by atoms with Gasteiger partial charge in [-0.2, -0.15) is 8.78 Å². The minimum Gasteiger partial charge on any atom is -0.330 e. The minimum absolute atomic E-state index is 0.103. The summed E-state index contributed by atoms with van der Waals surface area (Å²) in [5.74, 6) is -4.23. The van der Waals surface area contributed by atoms with Gasteiger partial charge in [0.25, 0.3) is 0 Å². The van der Waals surface area contributed by atoms with Crippen LogP contribution < -0.4 is 5.73 Å². The lowest BCUT2D eigenvalue weighted by Gasteiger charge is -2.07. The first-order valence-electron chi connectivity index (χ1n) is 3.10. The molecule has 68 valence electrons. The summed E-state index contributed by atoms with van der Waals surface area (Å²) in [4.78, 5) is 0. The molecule has 1 atom stereocenters. The molecule has 0 aromatic heterocycles. The van der Waals surface area contributed by atoms with E-state index in [1.54, 1.807) is 0 Å². The Kier molecular flexibility index (Phi) is 3.88. The van der Waals surface area contributed by atoms with E-state index < -0.39 is 27.3 Å². The third kappa shape index (κ3) is 3.62. The van der Waals surface area contributed by atoms with Crippen LogP contribution in [0.3, 0.4) is 0 Å². The highest BCUT2D eigenvalue weighted by molar-refractivity contribution is 7.91. The molecule has 11 heavy (non-hydrogen) atoms. The number of hydrogen-bond donors (Lipinski definition) is 1. The molecular weight excluding hydrogens is 176 g/mol. The first-order valence-corrected chi connectivity index (χ1v) is 4.81. The van der Waals surface area contributed by atoms with Gasteiger partial charge in [0.05, 0.1) is 5.75 Å². The molecule has 0 fully saturated rings. The zero-order valence-electron chi connectivity index (χ0n) is 6.13. The highest BCUT2D eigenvalue weighted by Gasteiger charge is 2.25. The smallest absolute Gasteiger partial charge is 0.330 e. The lowest BCUT2D eigenvalue weighted by molar-refractivity contribution is 0.234. The summed E-state index contributed by atoms with van der Waals surface area (Å²) in [7, 11) is -4.22. The van der Waals surface area contributed by atoms with Crippen LogP contribution in [0.5, 0.6) is 0 Å². The van der Waals surface area contributed by atoms with Gasteiger partial charge in [0.1, 0.15) is 0 Å². The van der Waals surface area contributed by atoms with Crippen molar-refractivity contribution in [2.75, 3.05) is 12.3 Å². The minimum atomic E-state index is -4.22. The molecule has 2 N–H and O–H groups in total. The van der Waals surface area contributed by atoms with E-state index in [4.69, 9.17) is 5.73 Å². The molecule has 0 saturated carbocycles. The Labute approximate surface area is 64.5 Å². The van der Waals surface area contributed by atoms with Crippen LogP contribution in [0.25, 0.3) is 0 Å². The van der Waals surface area contributed by atoms with Crippen LogP contribution in [0.1, 0.15) is 6.92 Å². The maximum absolute atomic E-state index is 11.7. The van der Waals surface area contributed by atoms with Crippen molar-refractivity contribution in [3.63, 3.8) is 0 Å². The average molecular weight is 187 g/mol. The molecule has 0 aromatic rings. The van der Waals surface area contributed by atoms with E-state index in [0.717, 1.165) is 0 Å². The molecule has 1 unspecified atom stereocenters. The molecule has 0 saturated heterocycles. The predicted molar refractivity (Wildman–Crippen MR) is 38.0 cm³/mol. The monoisotopic (exact) mass is 187 g/mol. The van der Waals surface area contributed by atoms with Crippen molar-refractivity contribution in [2.45, 2.75) is 12.7 Å². The molecule has 0 rings (SSSR count). The maximum Gasteiger partial charge on any atom is 0.336 e. The number of nitrogens with two attached hydrogens (primary N) is 1. The van der Waals surface area contributed by atoms with Crippen molar-refractivity contribution in [1.29, 1.82) is 0 Å². The third-order valence-electron chi connectivity index (χ3n) is 1.19. The lowest BCUT2D eigenvalue weighted by atomic mass is 10.2. The van der Waals surface area contributed by atoms with Gasteiger partial charge in [-0.05, 0) is 12.5 Å². The van der Waals surface area contributed by atoms with Crippen LogP contribution in [0.2, 0.25) is 0 Å². The van der Waals surface area contributed by atoms with E-state index in [1.165, 1.54) is 6.92 Å². The second-order valence-electron chi connectivity index (χ2n) is 2.43. The van der Waals surface area contributed by atoms with Crippen molar-refractivity contribution in [3.05, 3.63) is 0 Å². The fourth-order valence-corrected chi connectivity index (χ4v) is 1.61. The zero-order valence-corrected chi connectivity index (χ0v) is 6.94. The summed E-state index contributed by atoms with van der Waals surface area (Å²) < 4.78 is 44.3. The quantitative estimate of drug-likeness (QED) is 0.684. The lowest BCUT2D eigenvalue weighted by Crippen LogP contribution is -2.25. The van der Waals surface area contributed by atoms with Crippen LogP contribution in [-0.4, -0.2) is 26.5 Å². The molecular formula is C5H11F2NO2S. The fraction of sp³-hybridized carbons (Fsp3) is 1.00. The van der Waals surface area contributed by atoms with E-state index >= 15 is 0 Å². The summed E-state index contributed by atoms with van der Waals surface area (Å²) >= 11 is 0. The number of rotatable bonds is 4. The highest BCUT2D eigenvalue weighted by atomic mass is 32.2. The van der Waals surface area contributed by atoms with Gasteiger partial charge in [-0.25, -0.2) is 8.42 Å². The van der Waals surface area contributed by atoms with Crippen LogP contribution in [0.15, 0.2) is 0 Å². The molecule has 0 aromatic carbocycles. The molecule has 0 bridgehead atoms. The fourth-order valence-electron chi connectivity index (χ4n) is 0.537. The predicted octanol–water partition coefficient (Wildman–Crippen LogP) is 0.219. The second kappa shape index (κ2) is 3.96. The number of halogens is 2. The van der Waals surface area contributed by atoms with Gasteiger partial charge in [0, 0.05) is 0 Å². The first kappa shape index (κ1) is 10.8. The van der Waals surface area contributed by atoms with E-state index in [2.05, 4.69) is 0 Å². The van der Waals surface area contributed by atoms with Crippen LogP contribution in [-0.2, 0) is 9.84 Å². The van der Waals surface area contributed by atoms with Crippen molar-refractivity contribution < 1.29 is 17.2 Å². The molecule has 3 nitrogen and oxygen atoms in total. The van der Waals surface area contributed by atoms with Gasteiger partial charge in [-0.15, -0.1) is 0 Å². The summed E-state index contributed by atoms with van der Waals surface area (Å²) in [6.07, 6.45) is 0. The summed E-state index contributed by atoms with van der Waals surface area (Å²) in [5.41, 5.74) is 5.07. The Hall–Kier alpha value is -0.230. The van der Waals surface area contributed by atoms with E-state index in [1.807, 2.05) is 0 Å². The normalized spacial score (nSPS) is 15.4. The molecule has 6 heteroatoms. The molecule has 0 spiro atoms. The van der Waals surface area contributed by atoms with Crippen molar-refractivity contribution in [2.24, 2.45) is 11.7 Å². The Bertz CT molecular complexity index is 203. The third-order valence-corrected chi connectivity index (χ3v) is 2.77. The number of hydrogen-bond acceptors (Lipinski definition) is 3. The topological polar surface area (TPSA) is 60.2 Å². The Morgan fingerprint density at radius 2 is 1.91 bits per heavy atom. The largest absolute Gasteiger partial charge is 0.336 e. The first-order chi connectivity index (χ1) is 4.90. The molecule has 0 heterocycles. The average Bonchev–Trinajstić information content (AvgIpc) is 1.86. The summed E-state index contributed by atoms with van der Waals surface area (Å²) in [6.45, 7) is 1.62. The highest BCUT2D eigenvalue weighted by Crippen LogP contribution is 2.09. The van der Waals surface area contributed by atoms with Gasteiger partial charge >= 0.3 is 5.76 Å². The van der Waals surface area contributed by atoms with Crippen molar-refractivity contribution in [3.8, 4) is 0 Å². The van der Waals surface area contributed by atoms with E-state index in [-0.39, 0.29) is 6.54 Å². The number of sulfone groups is 1. The molecule has 0 aliphatic rings. The molecule has 0 amide bonds. The van der Waals surface area contributed by atoms with Gasteiger partial charge < -0.3 is 5.73 Å². The number of alkyl halides is 2. The maximum atomic E-state index is 11.7. The van der Waals surface area contributed by atoms with Crippen molar-refractivity contribution >= 4 is 9.84 Å². The van der Waals surface area contributed by atoms with E-state index in [0.29, 0.717) is 0 Å². The van der Waals surface area contributed by atoms with Crippen molar-refractivity contribution in [1.82, 2.24) is 0 Å². The van der Waals surface area contributed by atoms with Gasteiger partial charge in [-0.1, -0.05) is 6.92 Å². The SMILES string of the molecule is CC(CN)CS(=O)(=O)C(F)F. The molecule has 0 aliphatic heterocycles. The molecule has 0 radical (unpaired) electrons. The summed E-state index contributed by atoms with van der Waals surface area (Å²) in [6, 6.07) is 0. The van der Waals surface area contributed by atoms with E-state index in [9.17, 15) is 17.2 Å². The zero-order chi connectivity index (χ0) is 9.07. The second-order valence-corrected chi connectivity index (χ2v) is 4.45. The Balaban J connectivity index is 4.15. The molecule has 0 aliphatic carbocycles.